The number of aryl methyl sites for hydroxylation is 1. The minimum atomic E-state index is -0.334. The van der Waals surface area contributed by atoms with Gasteiger partial charge in [-0.1, -0.05) is 0 Å². The molecule has 1 aromatic heterocycles. The van der Waals surface area contributed by atoms with Gasteiger partial charge in [0.05, 0.1) is 32.3 Å². The fourth-order valence-electron chi connectivity index (χ4n) is 1.81. The molecule has 1 aromatic carbocycles. The number of hydrazone groups is 1. The highest BCUT2D eigenvalue weighted by molar-refractivity contribution is 9.10. The van der Waals surface area contributed by atoms with Crippen molar-refractivity contribution < 1.29 is 18.7 Å². The Hall–Kier alpha value is -2.28. The lowest BCUT2D eigenvalue weighted by Gasteiger charge is -2.09. The van der Waals surface area contributed by atoms with E-state index < -0.39 is 0 Å². The Kier molecular flexibility index (Phi) is 5.21. The Morgan fingerprint density at radius 1 is 1.32 bits per heavy atom. The SMILES string of the molecule is COc1cc(Br)c(/C=N\NC(=O)c2ccoc2C)cc1OC. The van der Waals surface area contributed by atoms with E-state index >= 15 is 0 Å². The quantitative estimate of drug-likeness (QED) is 0.651. The van der Waals surface area contributed by atoms with Gasteiger partial charge < -0.3 is 13.9 Å². The average molecular weight is 367 g/mol. The standard InChI is InChI=1S/C15H15BrN2O4/c1-9-11(4-5-22-9)15(19)18-17-8-10-6-13(20-2)14(21-3)7-12(10)16/h4-8H,1-3H3,(H,18,19)/b17-8-. The van der Waals surface area contributed by atoms with Crippen molar-refractivity contribution in [1.29, 1.82) is 0 Å². The fraction of sp³-hybridized carbons (Fsp3) is 0.200. The molecule has 2 aromatic rings. The summed E-state index contributed by atoms with van der Waals surface area (Å²) >= 11 is 3.41. The third-order valence-corrected chi connectivity index (χ3v) is 3.66. The van der Waals surface area contributed by atoms with Crippen LogP contribution in [-0.2, 0) is 0 Å². The lowest BCUT2D eigenvalue weighted by Crippen LogP contribution is -2.17. The third-order valence-electron chi connectivity index (χ3n) is 2.98. The summed E-state index contributed by atoms with van der Waals surface area (Å²) in [7, 11) is 3.11. The molecule has 1 amide bonds. The predicted molar refractivity (Wildman–Crippen MR) is 85.8 cm³/mol. The van der Waals surface area contributed by atoms with Gasteiger partial charge in [0.1, 0.15) is 5.76 Å². The van der Waals surface area contributed by atoms with E-state index in [1.54, 1.807) is 39.3 Å². The van der Waals surface area contributed by atoms with Crippen molar-refractivity contribution in [2.24, 2.45) is 5.10 Å². The molecule has 0 aliphatic heterocycles. The van der Waals surface area contributed by atoms with Gasteiger partial charge >= 0.3 is 0 Å². The molecule has 6 nitrogen and oxygen atoms in total. The van der Waals surface area contributed by atoms with Crippen LogP contribution < -0.4 is 14.9 Å². The maximum Gasteiger partial charge on any atom is 0.274 e. The van der Waals surface area contributed by atoms with Crippen LogP contribution in [0.3, 0.4) is 0 Å². The molecular formula is C15H15BrN2O4. The normalized spacial score (nSPS) is 10.7. The molecule has 0 saturated carbocycles. The summed E-state index contributed by atoms with van der Waals surface area (Å²) in [6.07, 6.45) is 2.97. The van der Waals surface area contributed by atoms with E-state index in [4.69, 9.17) is 13.9 Å². The smallest absolute Gasteiger partial charge is 0.274 e. The molecule has 0 bridgehead atoms. The number of nitrogens with one attached hydrogen (secondary N) is 1. The molecule has 0 radical (unpaired) electrons. The Labute approximate surface area is 136 Å². The second-order valence-corrected chi connectivity index (χ2v) is 5.17. The zero-order valence-corrected chi connectivity index (χ0v) is 13.9. The average Bonchev–Trinajstić information content (AvgIpc) is 2.94. The second-order valence-electron chi connectivity index (χ2n) is 4.32. The van der Waals surface area contributed by atoms with Gasteiger partial charge in [-0.2, -0.15) is 5.10 Å². The van der Waals surface area contributed by atoms with Crippen molar-refractivity contribution in [2.75, 3.05) is 14.2 Å². The van der Waals surface area contributed by atoms with E-state index in [1.165, 1.54) is 12.5 Å². The number of nitrogens with zero attached hydrogens (tertiary/aromatic N) is 1. The van der Waals surface area contributed by atoms with E-state index in [0.29, 0.717) is 22.8 Å². The zero-order chi connectivity index (χ0) is 16.1. The van der Waals surface area contributed by atoms with Crippen molar-refractivity contribution >= 4 is 28.1 Å². The highest BCUT2D eigenvalue weighted by Crippen LogP contribution is 2.32. The maximum atomic E-state index is 11.9. The summed E-state index contributed by atoms with van der Waals surface area (Å²) in [6.45, 7) is 1.71. The zero-order valence-electron chi connectivity index (χ0n) is 12.3. The Morgan fingerprint density at radius 2 is 2.00 bits per heavy atom. The first kappa shape index (κ1) is 16.1. The molecule has 0 atom stereocenters. The number of hydrogen-bond acceptors (Lipinski definition) is 5. The van der Waals surface area contributed by atoms with Crippen molar-refractivity contribution in [1.82, 2.24) is 5.43 Å². The number of furan rings is 1. The highest BCUT2D eigenvalue weighted by Gasteiger charge is 2.11. The molecule has 1 heterocycles. The first-order chi connectivity index (χ1) is 10.6. The number of hydrogen-bond donors (Lipinski definition) is 1. The number of carbonyl (C=O) groups excluding carboxylic acids is 1. The van der Waals surface area contributed by atoms with Crippen LogP contribution in [0.2, 0.25) is 0 Å². The van der Waals surface area contributed by atoms with Crippen molar-refractivity contribution in [3.8, 4) is 11.5 Å². The Bertz CT molecular complexity index is 710. The number of rotatable bonds is 5. The molecule has 116 valence electrons. The van der Waals surface area contributed by atoms with Crippen molar-refractivity contribution in [2.45, 2.75) is 6.92 Å². The van der Waals surface area contributed by atoms with E-state index in [0.717, 1.165) is 10.0 Å². The lowest BCUT2D eigenvalue weighted by atomic mass is 10.2. The van der Waals surface area contributed by atoms with Crippen LogP contribution in [0, 0.1) is 6.92 Å². The van der Waals surface area contributed by atoms with E-state index in [-0.39, 0.29) is 5.91 Å². The topological polar surface area (TPSA) is 73.1 Å². The van der Waals surface area contributed by atoms with Crippen LogP contribution in [0.5, 0.6) is 11.5 Å². The largest absolute Gasteiger partial charge is 0.493 e. The van der Waals surface area contributed by atoms with Gasteiger partial charge in [0.2, 0.25) is 0 Å². The summed E-state index contributed by atoms with van der Waals surface area (Å²) in [4.78, 5) is 11.9. The fourth-order valence-corrected chi connectivity index (χ4v) is 2.23. The number of halogens is 1. The summed E-state index contributed by atoms with van der Waals surface area (Å²) < 4.78 is 16.3. The first-order valence-electron chi connectivity index (χ1n) is 6.35. The molecule has 22 heavy (non-hydrogen) atoms. The van der Waals surface area contributed by atoms with Crippen molar-refractivity contribution in [3.05, 3.63) is 45.8 Å². The van der Waals surface area contributed by atoms with Crippen molar-refractivity contribution in [3.63, 3.8) is 0 Å². The molecule has 7 heteroatoms. The van der Waals surface area contributed by atoms with Gasteiger partial charge in [0.15, 0.2) is 11.5 Å². The first-order valence-corrected chi connectivity index (χ1v) is 7.15. The molecule has 1 N–H and O–H groups in total. The summed E-state index contributed by atoms with van der Waals surface area (Å²) in [5, 5.41) is 3.94. The van der Waals surface area contributed by atoms with Crippen LogP contribution in [0.1, 0.15) is 21.7 Å². The lowest BCUT2D eigenvalue weighted by molar-refractivity contribution is 0.0953. The van der Waals surface area contributed by atoms with Crippen LogP contribution >= 0.6 is 15.9 Å². The van der Waals surface area contributed by atoms with Gasteiger partial charge in [0, 0.05) is 10.0 Å². The monoisotopic (exact) mass is 366 g/mol. The molecule has 0 aliphatic carbocycles. The van der Waals surface area contributed by atoms with Gasteiger partial charge in [-0.05, 0) is 41.1 Å². The van der Waals surface area contributed by atoms with Crippen LogP contribution in [0.25, 0.3) is 0 Å². The minimum absolute atomic E-state index is 0.334. The number of benzene rings is 1. The molecule has 0 spiro atoms. The molecule has 0 unspecified atom stereocenters. The Morgan fingerprint density at radius 3 is 2.59 bits per heavy atom. The van der Waals surface area contributed by atoms with Gasteiger partial charge in [-0.25, -0.2) is 5.43 Å². The van der Waals surface area contributed by atoms with E-state index in [9.17, 15) is 4.79 Å². The predicted octanol–water partition coefficient (Wildman–Crippen LogP) is 3.13. The molecule has 0 fully saturated rings. The highest BCUT2D eigenvalue weighted by atomic mass is 79.9. The number of amides is 1. The van der Waals surface area contributed by atoms with Crippen LogP contribution in [0.15, 0.2) is 38.5 Å². The van der Waals surface area contributed by atoms with Gasteiger partial charge in [0.25, 0.3) is 5.91 Å². The third kappa shape index (κ3) is 3.48. The summed E-state index contributed by atoms with van der Waals surface area (Å²) in [6, 6.07) is 5.11. The molecule has 0 aliphatic rings. The van der Waals surface area contributed by atoms with E-state index in [1.807, 2.05) is 0 Å². The molecule has 2 rings (SSSR count). The number of ether oxygens (including phenoxy) is 2. The summed E-state index contributed by atoms with van der Waals surface area (Å²) in [5.41, 5.74) is 3.63. The Balaban J connectivity index is 2.13. The summed E-state index contributed by atoms with van der Waals surface area (Å²) in [5.74, 6) is 1.38. The molecule has 0 saturated heterocycles. The van der Waals surface area contributed by atoms with Gasteiger partial charge in [-0.3, -0.25) is 4.79 Å². The van der Waals surface area contributed by atoms with E-state index in [2.05, 4.69) is 26.5 Å². The number of methoxy groups -OCH3 is 2. The maximum absolute atomic E-state index is 11.9. The van der Waals surface area contributed by atoms with Crippen LogP contribution in [-0.4, -0.2) is 26.3 Å². The number of carbonyl (C=O) groups is 1. The molecular weight excluding hydrogens is 352 g/mol. The van der Waals surface area contributed by atoms with Gasteiger partial charge in [-0.15, -0.1) is 0 Å². The van der Waals surface area contributed by atoms with Crippen LogP contribution in [0.4, 0.5) is 0 Å². The second kappa shape index (κ2) is 7.13. The minimum Gasteiger partial charge on any atom is -0.493 e.